The summed E-state index contributed by atoms with van der Waals surface area (Å²) >= 11 is 3.38. The number of nitrogen functional groups attached to an aromatic ring is 1. The molecule has 0 amide bonds. The molecule has 2 aromatic rings. The molecule has 2 aromatic carbocycles. The minimum Gasteiger partial charge on any atom is -0.493 e. The standard InChI is InChI=1S/C15H16BrNO4/c1-18-13-7-10(8-14(19-2)15(13)20-3)21-12-6-9(16)4-5-11(12)17/h4-8H,17H2,1-3H3. The van der Waals surface area contributed by atoms with Crippen molar-refractivity contribution in [2.45, 2.75) is 0 Å². The number of rotatable bonds is 5. The molecule has 0 fully saturated rings. The van der Waals surface area contributed by atoms with Gasteiger partial charge in [-0.05, 0) is 18.2 Å². The van der Waals surface area contributed by atoms with Crippen LogP contribution in [-0.4, -0.2) is 21.3 Å². The first kappa shape index (κ1) is 15.3. The quantitative estimate of drug-likeness (QED) is 0.827. The SMILES string of the molecule is COc1cc(Oc2cc(Br)ccc2N)cc(OC)c1OC. The van der Waals surface area contributed by atoms with E-state index in [-0.39, 0.29) is 0 Å². The number of halogens is 1. The van der Waals surface area contributed by atoms with E-state index in [4.69, 9.17) is 24.7 Å². The molecule has 0 bridgehead atoms. The summed E-state index contributed by atoms with van der Waals surface area (Å²) in [7, 11) is 4.65. The van der Waals surface area contributed by atoms with Crippen LogP contribution in [0.1, 0.15) is 0 Å². The second-order valence-corrected chi connectivity index (χ2v) is 5.06. The van der Waals surface area contributed by atoms with Crippen molar-refractivity contribution in [1.82, 2.24) is 0 Å². The van der Waals surface area contributed by atoms with Crippen LogP contribution >= 0.6 is 15.9 Å². The molecule has 0 saturated heterocycles. The monoisotopic (exact) mass is 353 g/mol. The van der Waals surface area contributed by atoms with E-state index >= 15 is 0 Å². The van der Waals surface area contributed by atoms with Crippen molar-refractivity contribution in [3.63, 3.8) is 0 Å². The Bertz CT molecular complexity index is 621. The molecule has 2 N–H and O–H groups in total. The van der Waals surface area contributed by atoms with Crippen LogP contribution in [0.2, 0.25) is 0 Å². The Hall–Kier alpha value is -2.08. The van der Waals surface area contributed by atoms with Crippen molar-refractivity contribution < 1.29 is 18.9 Å². The van der Waals surface area contributed by atoms with Gasteiger partial charge in [0.25, 0.3) is 0 Å². The Morgan fingerprint density at radius 3 is 2.00 bits per heavy atom. The molecule has 5 nitrogen and oxygen atoms in total. The summed E-state index contributed by atoms with van der Waals surface area (Å²) in [5.74, 6) is 2.61. The summed E-state index contributed by atoms with van der Waals surface area (Å²) in [5, 5.41) is 0. The van der Waals surface area contributed by atoms with Gasteiger partial charge in [-0.3, -0.25) is 0 Å². The van der Waals surface area contributed by atoms with Crippen molar-refractivity contribution in [3.05, 3.63) is 34.8 Å². The van der Waals surface area contributed by atoms with Crippen LogP contribution in [0.25, 0.3) is 0 Å². The van der Waals surface area contributed by atoms with E-state index in [1.165, 1.54) is 0 Å². The van der Waals surface area contributed by atoms with Crippen LogP contribution in [-0.2, 0) is 0 Å². The first-order chi connectivity index (χ1) is 10.1. The zero-order chi connectivity index (χ0) is 15.4. The normalized spacial score (nSPS) is 10.1. The third kappa shape index (κ3) is 3.33. The number of methoxy groups -OCH3 is 3. The first-order valence-corrected chi connectivity index (χ1v) is 6.91. The van der Waals surface area contributed by atoms with E-state index in [0.29, 0.717) is 34.4 Å². The third-order valence-electron chi connectivity index (χ3n) is 2.84. The Balaban J connectivity index is 2.42. The lowest BCUT2D eigenvalue weighted by Crippen LogP contribution is -1.97. The van der Waals surface area contributed by atoms with Crippen LogP contribution in [0.4, 0.5) is 5.69 Å². The number of ether oxygens (including phenoxy) is 4. The van der Waals surface area contributed by atoms with E-state index in [1.807, 2.05) is 6.07 Å². The molecule has 0 aliphatic heterocycles. The zero-order valence-corrected chi connectivity index (χ0v) is 13.6. The molecular weight excluding hydrogens is 338 g/mol. The van der Waals surface area contributed by atoms with Gasteiger partial charge in [-0.2, -0.15) is 0 Å². The Kier molecular flexibility index (Phi) is 4.80. The molecule has 6 heteroatoms. The van der Waals surface area contributed by atoms with E-state index < -0.39 is 0 Å². The summed E-state index contributed by atoms with van der Waals surface area (Å²) in [6.07, 6.45) is 0. The lowest BCUT2D eigenvalue weighted by atomic mass is 10.2. The minimum atomic E-state index is 0.509. The number of hydrogen-bond acceptors (Lipinski definition) is 5. The fraction of sp³-hybridized carbons (Fsp3) is 0.200. The maximum absolute atomic E-state index is 5.90. The number of hydrogen-bond donors (Lipinski definition) is 1. The second kappa shape index (κ2) is 6.58. The lowest BCUT2D eigenvalue weighted by Gasteiger charge is -2.15. The van der Waals surface area contributed by atoms with Crippen LogP contribution < -0.4 is 24.7 Å². The molecule has 112 valence electrons. The summed E-state index contributed by atoms with van der Waals surface area (Å²) in [6.45, 7) is 0. The molecular formula is C15H16BrNO4. The highest BCUT2D eigenvalue weighted by Crippen LogP contribution is 2.42. The Morgan fingerprint density at radius 2 is 1.48 bits per heavy atom. The van der Waals surface area contributed by atoms with Gasteiger partial charge in [0.2, 0.25) is 5.75 Å². The molecule has 0 saturated carbocycles. The van der Waals surface area contributed by atoms with E-state index in [9.17, 15) is 0 Å². The molecule has 0 aromatic heterocycles. The molecule has 21 heavy (non-hydrogen) atoms. The van der Waals surface area contributed by atoms with Crippen molar-refractivity contribution in [1.29, 1.82) is 0 Å². The van der Waals surface area contributed by atoms with Crippen LogP contribution in [0.15, 0.2) is 34.8 Å². The van der Waals surface area contributed by atoms with E-state index in [1.54, 1.807) is 45.6 Å². The summed E-state index contributed by atoms with van der Waals surface area (Å²) in [5.41, 5.74) is 6.44. The molecule has 0 heterocycles. The second-order valence-electron chi connectivity index (χ2n) is 4.15. The fourth-order valence-electron chi connectivity index (χ4n) is 1.84. The maximum atomic E-state index is 5.90. The smallest absolute Gasteiger partial charge is 0.203 e. The highest BCUT2D eigenvalue weighted by Gasteiger charge is 2.15. The Labute approximate surface area is 131 Å². The van der Waals surface area contributed by atoms with Crippen LogP contribution in [0.3, 0.4) is 0 Å². The maximum Gasteiger partial charge on any atom is 0.203 e. The number of anilines is 1. The van der Waals surface area contributed by atoms with Gasteiger partial charge in [0.15, 0.2) is 17.2 Å². The average molecular weight is 354 g/mol. The number of nitrogens with two attached hydrogens (primary N) is 1. The van der Waals surface area contributed by atoms with Gasteiger partial charge in [0, 0.05) is 16.6 Å². The summed E-state index contributed by atoms with van der Waals surface area (Å²) < 4.78 is 22.5. The molecule has 0 aliphatic rings. The van der Waals surface area contributed by atoms with Crippen molar-refractivity contribution >= 4 is 21.6 Å². The van der Waals surface area contributed by atoms with Crippen LogP contribution in [0.5, 0.6) is 28.7 Å². The number of benzene rings is 2. The third-order valence-corrected chi connectivity index (χ3v) is 3.33. The van der Waals surface area contributed by atoms with E-state index in [2.05, 4.69) is 15.9 Å². The van der Waals surface area contributed by atoms with Gasteiger partial charge in [-0.1, -0.05) is 15.9 Å². The fourth-order valence-corrected chi connectivity index (χ4v) is 2.18. The summed E-state index contributed by atoms with van der Waals surface area (Å²) in [4.78, 5) is 0. The first-order valence-electron chi connectivity index (χ1n) is 6.12. The van der Waals surface area contributed by atoms with Gasteiger partial charge in [-0.25, -0.2) is 0 Å². The molecule has 0 aliphatic carbocycles. The summed E-state index contributed by atoms with van der Waals surface area (Å²) in [6, 6.07) is 8.82. The highest BCUT2D eigenvalue weighted by molar-refractivity contribution is 9.10. The van der Waals surface area contributed by atoms with Gasteiger partial charge < -0.3 is 24.7 Å². The largest absolute Gasteiger partial charge is 0.493 e. The van der Waals surface area contributed by atoms with Crippen LogP contribution in [0, 0.1) is 0 Å². The molecule has 2 rings (SSSR count). The van der Waals surface area contributed by atoms with Gasteiger partial charge in [0.05, 0.1) is 27.0 Å². The van der Waals surface area contributed by atoms with Gasteiger partial charge in [-0.15, -0.1) is 0 Å². The van der Waals surface area contributed by atoms with Crippen molar-refractivity contribution in [3.8, 4) is 28.7 Å². The van der Waals surface area contributed by atoms with E-state index in [0.717, 1.165) is 4.47 Å². The van der Waals surface area contributed by atoms with Crippen molar-refractivity contribution in [2.75, 3.05) is 27.1 Å². The molecule has 0 atom stereocenters. The lowest BCUT2D eigenvalue weighted by molar-refractivity contribution is 0.321. The topological polar surface area (TPSA) is 62.9 Å². The molecule has 0 spiro atoms. The van der Waals surface area contributed by atoms with Gasteiger partial charge >= 0.3 is 0 Å². The molecule has 0 radical (unpaired) electrons. The predicted octanol–water partition coefficient (Wildman–Crippen LogP) is 3.85. The zero-order valence-electron chi connectivity index (χ0n) is 12.0. The van der Waals surface area contributed by atoms with Gasteiger partial charge in [0.1, 0.15) is 5.75 Å². The predicted molar refractivity (Wildman–Crippen MR) is 84.7 cm³/mol. The average Bonchev–Trinajstić information content (AvgIpc) is 2.49. The minimum absolute atomic E-state index is 0.509. The molecule has 0 unspecified atom stereocenters. The van der Waals surface area contributed by atoms with Crippen molar-refractivity contribution in [2.24, 2.45) is 0 Å². The Morgan fingerprint density at radius 1 is 0.857 bits per heavy atom. The highest BCUT2D eigenvalue weighted by atomic mass is 79.9.